The van der Waals surface area contributed by atoms with Crippen molar-refractivity contribution in [3.8, 4) is 0 Å². The van der Waals surface area contributed by atoms with E-state index in [1.165, 1.54) is 11.3 Å². The van der Waals surface area contributed by atoms with Gasteiger partial charge in [-0.2, -0.15) is 0 Å². The normalized spacial score (nSPS) is 22.2. The predicted octanol–water partition coefficient (Wildman–Crippen LogP) is 2.04. The molecule has 2 heterocycles. The molecule has 0 saturated carbocycles. The highest BCUT2D eigenvalue weighted by atomic mass is 32.1. The molecular weight excluding hydrogens is 222 g/mol. The van der Waals surface area contributed by atoms with Gasteiger partial charge in [0.15, 0.2) is 0 Å². The van der Waals surface area contributed by atoms with Crippen LogP contribution in [0.25, 0.3) is 0 Å². The monoisotopic (exact) mass is 239 g/mol. The molecule has 0 aromatic carbocycles. The topological polar surface area (TPSA) is 29.5 Å². The van der Waals surface area contributed by atoms with Crippen LogP contribution in [0.15, 0.2) is 17.5 Å². The first kappa shape index (κ1) is 11.8. The van der Waals surface area contributed by atoms with E-state index in [-0.39, 0.29) is 11.9 Å². The highest BCUT2D eigenvalue weighted by molar-refractivity contribution is 7.12. The highest BCUT2D eigenvalue weighted by Gasteiger charge is 2.27. The van der Waals surface area contributed by atoms with Crippen molar-refractivity contribution in [1.82, 2.24) is 4.90 Å². The predicted molar refractivity (Wildman–Crippen MR) is 65.1 cm³/mol. The minimum absolute atomic E-state index is 0.135. The smallest absolute Gasteiger partial charge is 0.202 e. The van der Waals surface area contributed by atoms with Gasteiger partial charge in [0.25, 0.3) is 0 Å². The maximum atomic E-state index is 12.1. The number of ketones is 1. The lowest BCUT2D eigenvalue weighted by Gasteiger charge is -2.31. The highest BCUT2D eigenvalue weighted by Crippen LogP contribution is 2.16. The number of hydrogen-bond donors (Lipinski definition) is 0. The largest absolute Gasteiger partial charge is 0.367 e. The first-order valence-corrected chi connectivity index (χ1v) is 6.61. The van der Waals surface area contributed by atoms with Crippen LogP contribution in [0.3, 0.4) is 0 Å². The van der Waals surface area contributed by atoms with E-state index in [0.717, 1.165) is 30.9 Å². The summed E-state index contributed by atoms with van der Waals surface area (Å²) < 4.78 is 5.56. The average molecular weight is 239 g/mol. The van der Waals surface area contributed by atoms with Gasteiger partial charge in [0, 0.05) is 13.1 Å². The van der Waals surface area contributed by atoms with E-state index >= 15 is 0 Å². The Labute approximate surface area is 100 Å². The fraction of sp³-hybridized carbons (Fsp3) is 0.583. The molecule has 0 radical (unpaired) electrons. The van der Waals surface area contributed by atoms with E-state index in [1.807, 2.05) is 17.5 Å². The van der Waals surface area contributed by atoms with Gasteiger partial charge in [-0.3, -0.25) is 9.69 Å². The van der Waals surface area contributed by atoms with E-state index in [2.05, 4.69) is 11.8 Å². The molecule has 2 rings (SSSR count). The molecule has 1 aromatic rings. The molecule has 4 heteroatoms. The number of carbonyl (C=O) groups excluding carboxylic acids is 1. The molecule has 1 aromatic heterocycles. The summed E-state index contributed by atoms with van der Waals surface area (Å²) in [5.74, 6) is 0.135. The number of thiophene rings is 1. The zero-order valence-corrected chi connectivity index (χ0v) is 10.3. The molecule has 88 valence electrons. The number of Topliss-reactive ketones (excluding diaryl/α,β-unsaturated/α-hetero) is 1. The fourth-order valence-corrected chi connectivity index (χ4v) is 2.67. The molecule has 1 atom stereocenters. The Bertz CT molecular complexity index is 335. The molecule has 16 heavy (non-hydrogen) atoms. The maximum absolute atomic E-state index is 12.1. The molecule has 1 unspecified atom stereocenters. The lowest BCUT2D eigenvalue weighted by molar-refractivity contribution is -0.0161. The molecule has 0 N–H and O–H groups in total. The van der Waals surface area contributed by atoms with Crippen molar-refractivity contribution in [3.05, 3.63) is 22.4 Å². The van der Waals surface area contributed by atoms with Crippen molar-refractivity contribution >= 4 is 17.1 Å². The summed E-state index contributed by atoms with van der Waals surface area (Å²) in [4.78, 5) is 15.2. The van der Waals surface area contributed by atoms with Crippen LogP contribution >= 0.6 is 11.3 Å². The third-order valence-corrected chi connectivity index (χ3v) is 3.63. The Balaban J connectivity index is 1.96. The van der Waals surface area contributed by atoms with Crippen LogP contribution in [0, 0.1) is 0 Å². The third kappa shape index (κ3) is 2.70. The van der Waals surface area contributed by atoms with Crippen LogP contribution in [0.1, 0.15) is 23.0 Å². The standard InChI is InChI=1S/C12H17NO2S/c1-2-5-13-6-7-15-10(9-13)12(14)11-4-3-8-16-11/h3-4,8,10H,2,5-7,9H2,1H3. The summed E-state index contributed by atoms with van der Waals surface area (Å²) in [5, 5.41) is 1.93. The number of rotatable bonds is 4. The van der Waals surface area contributed by atoms with Gasteiger partial charge < -0.3 is 4.74 Å². The van der Waals surface area contributed by atoms with Crippen LogP contribution in [0.2, 0.25) is 0 Å². The van der Waals surface area contributed by atoms with Crippen molar-refractivity contribution in [2.45, 2.75) is 19.4 Å². The quantitative estimate of drug-likeness (QED) is 0.753. The van der Waals surface area contributed by atoms with E-state index < -0.39 is 0 Å². The first-order chi connectivity index (χ1) is 7.81. The number of nitrogens with zero attached hydrogens (tertiary/aromatic N) is 1. The zero-order valence-electron chi connectivity index (χ0n) is 9.52. The van der Waals surface area contributed by atoms with Crippen molar-refractivity contribution in [2.24, 2.45) is 0 Å². The van der Waals surface area contributed by atoms with Crippen molar-refractivity contribution in [3.63, 3.8) is 0 Å². The number of carbonyl (C=O) groups is 1. The lowest BCUT2D eigenvalue weighted by Crippen LogP contribution is -2.46. The summed E-state index contributed by atoms with van der Waals surface area (Å²) in [5.41, 5.74) is 0. The second-order valence-electron chi connectivity index (χ2n) is 4.00. The Morgan fingerprint density at radius 2 is 2.56 bits per heavy atom. The fourth-order valence-electron chi connectivity index (χ4n) is 1.96. The Morgan fingerprint density at radius 1 is 1.69 bits per heavy atom. The molecule has 0 bridgehead atoms. The van der Waals surface area contributed by atoms with Gasteiger partial charge in [-0.15, -0.1) is 11.3 Å². The summed E-state index contributed by atoms with van der Waals surface area (Å²) in [6.07, 6.45) is 0.860. The second kappa shape index (κ2) is 5.57. The van der Waals surface area contributed by atoms with Crippen LogP contribution in [0.5, 0.6) is 0 Å². The molecule has 1 fully saturated rings. The summed E-state index contributed by atoms with van der Waals surface area (Å²) in [6, 6.07) is 3.78. The van der Waals surface area contributed by atoms with Crippen LogP contribution < -0.4 is 0 Å². The summed E-state index contributed by atoms with van der Waals surface area (Å²) in [6.45, 7) is 5.57. The van der Waals surface area contributed by atoms with Crippen molar-refractivity contribution in [1.29, 1.82) is 0 Å². The van der Waals surface area contributed by atoms with Gasteiger partial charge in [0.1, 0.15) is 6.10 Å². The molecule has 0 spiro atoms. The molecule has 1 aliphatic heterocycles. The van der Waals surface area contributed by atoms with E-state index in [0.29, 0.717) is 6.61 Å². The van der Waals surface area contributed by atoms with Gasteiger partial charge in [0.05, 0.1) is 11.5 Å². The van der Waals surface area contributed by atoms with Crippen LogP contribution in [-0.4, -0.2) is 43.0 Å². The van der Waals surface area contributed by atoms with Gasteiger partial charge in [0.2, 0.25) is 5.78 Å². The van der Waals surface area contributed by atoms with E-state index in [1.54, 1.807) is 0 Å². The van der Waals surface area contributed by atoms with Gasteiger partial charge in [-0.1, -0.05) is 13.0 Å². The Kier molecular flexibility index (Phi) is 4.09. The number of ether oxygens (including phenoxy) is 1. The molecule has 0 amide bonds. The summed E-state index contributed by atoms with van der Waals surface area (Å²) in [7, 11) is 0. The SMILES string of the molecule is CCCN1CCOC(C(=O)c2cccs2)C1. The lowest BCUT2D eigenvalue weighted by atomic mass is 10.1. The van der Waals surface area contributed by atoms with Gasteiger partial charge >= 0.3 is 0 Å². The molecule has 0 aliphatic carbocycles. The van der Waals surface area contributed by atoms with Crippen LogP contribution in [-0.2, 0) is 4.74 Å². The maximum Gasteiger partial charge on any atom is 0.202 e. The Hall–Kier alpha value is -0.710. The molecular formula is C12H17NO2S. The Morgan fingerprint density at radius 3 is 3.25 bits per heavy atom. The molecule has 1 aliphatic rings. The summed E-state index contributed by atoms with van der Waals surface area (Å²) >= 11 is 1.49. The van der Waals surface area contributed by atoms with Gasteiger partial charge in [-0.25, -0.2) is 0 Å². The average Bonchev–Trinajstić information content (AvgIpc) is 2.82. The van der Waals surface area contributed by atoms with Gasteiger partial charge in [-0.05, 0) is 24.4 Å². The molecule has 3 nitrogen and oxygen atoms in total. The van der Waals surface area contributed by atoms with E-state index in [4.69, 9.17) is 4.74 Å². The molecule has 1 saturated heterocycles. The minimum atomic E-state index is -0.265. The first-order valence-electron chi connectivity index (χ1n) is 5.73. The van der Waals surface area contributed by atoms with Crippen molar-refractivity contribution in [2.75, 3.05) is 26.2 Å². The minimum Gasteiger partial charge on any atom is -0.367 e. The van der Waals surface area contributed by atoms with Crippen LogP contribution in [0.4, 0.5) is 0 Å². The van der Waals surface area contributed by atoms with E-state index in [9.17, 15) is 4.79 Å². The zero-order chi connectivity index (χ0) is 11.4. The second-order valence-corrected chi connectivity index (χ2v) is 4.95. The van der Waals surface area contributed by atoms with Crippen molar-refractivity contribution < 1.29 is 9.53 Å². The third-order valence-electron chi connectivity index (χ3n) is 2.75. The number of hydrogen-bond acceptors (Lipinski definition) is 4. The number of morpholine rings is 1.